The zero-order chi connectivity index (χ0) is 11.6. The zero-order valence-electron chi connectivity index (χ0n) is 9.78. The second-order valence-electron chi connectivity index (χ2n) is 4.41. The lowest BCUT2D eigenvalue weighted by molar-refractivity contribution is 0.539. The second kappa shape index (κ2) is 3.88. The molecule has 1 heterocycles. The molecular formula is C11H18N4. The third kappa shape index (κ3) is 2.09. The van der Waals surface area contributed by atoms with Crippen molar-refractivity contribution >= 4 is 12.4 Å². The molecule has 0 atom stereocenters. The van der Waals surface area contributed by atoms with Crippen LogP contribution in [0.2, 0.25) is 0 Å². The van der Waals surface area contributed by atoms with Crippen LogP contribution in [0.4, 0.5) is 0 Å². The fourth-order valence-electron chi connectivity index (χ4n) is 1.33. The number of rotatable bonds is 2. The third-order valence-electron chi connectivity index (χ3n) is 2.22. The highest BCUT2D eigenvalue weighted by atomic mass is 15.4. The van der Waals surface area contributed by atoms with Crippen LogP contribution in [0.25, 0.3) is 5.70 Å². The highest BCUT2D eigenvalue weighted by Gasteiger charge is 2.21. The molecule has 0 unspecified atom stereocenters. The van der Waals surface area contributed by atoms with Crippen molar-refractivity contribution in [3.8, 4) is 0 Å². The molecule has 4 heteroatoms. The summed E-state index contributed by atoms with van der Waals surface area (Å²) in [6, 6.07) is 0. The first kappa shape index (κ1) is 11.5. The van der Waals surface area contributed by atoms with E-state index in [1.54, 1.807) is 16.9 Å². The van der Waals surface area contributed by atoms with Crippen molar-refractivity contribution in [2.45, 2.75) is 33.1 Å². The molecule has 0 amide bonds. The van der Waals surface area contributed by atoms with Crippen LogP contribution in [0.1, 0.15) is 39.2 Å². The van der Waals surface area contributed by atoms with Gasteiger partial charge in [0, 0.05) is 12.1 Å². The summed E-state index contributed by atoms with van der Waals surface area (Å²) in [6.07, 6.45) is 3.59. The Morgan fingerprint density at radius 2 is 2.20 bits per heavy atom. The van der Waals surface area contributed by atoms with Gasteiger partial charge in [0.2, 0.25) is 0 Å². The summed E-state index contributed by atoms with van der Waals surface area (Å²) in [5, 5.41) is 3.95. The average molecular weight is 206 g/mol. The number of aromatic nitrogens is 2. The largest absolute Gasteiger partial charge is 0.396 e. The number of nitrogens with zero attached hydrogens (tertiary/aromatic N) is 3. The Hall–Kier alpha value is -1.58. The van der Waals surface area contributed by atoms with Crippen LogP contribution in [0, 0.1) is 0 Å². The number of imidazole rings is 1. The SMILES string of the molecule is C=Nn1c(C(C)(C)C)cnc1/C(N)=C\C. The molecule has 0 saturated carbocycles. The molecule has 1 aromatic rings. The minimum absolute atomic E-state index is 0.0273. The van der Waals surface area contributed by atoms with Crippen LogP contribution >= 0.6 is 0 Å². The minimum atomic E-state index is -0.0273. The predicted molar refractivity (Wildman–Crippen MR) is 63.7 cm³/mol. The first-order valence-corrected chi connectivity index (χ1v) is 4.89. The Labute approximate surface area is 90.5 Å². The normalized spacial score (nSPS) is 12.9. The minimum Gasteiger partial charge on any atom is -0.396 e. The number of nitrogens with two attached hydrogens (primary N) is 1. The molecule has 15 heavy (non-hydrogen) atoms. The summed E-state index contributed by atoms with van der Waals surface area (Å²) >= 11 is 0. The molecule has 0 bridgehead atoms. The number of hydrogen-bond donors (Lipinski definition) is 1. The molecule has 82 valence electrons. The third-order valence-corrected chi connectivity index (χ3v) is 2.22. The fraction of sp³-hybridized carbons (Fsp3) is 0.455. The number of hydrogen-bond acceptors (Lipinski definition) is 3. The van der Waals surface area contributed by atoms with Crippen molar-refractivity contribution in [1.29, 1.82) is 0 Å². The molecule has 0 radical (unpaired) electrons. The Balaban J connectivity index is 3.36. The summed E-state index contributed by atoms with van der Waals surface area (Å²) in [7, 11) is 0. The Bertz CT molecular complexity index is 393. The molecule has 0 saturated heterocycles. The van der Waals surface area contributed by atoms with Crippen LogP contribution in [0.15, 0.2) is 17.4 Å². The molecule has 2 N–H and O–H groups in total. The quantitative estimate of drug-likeness (QED) is 0.752. The Morgan fingerprint density at radius 1 is 1.60 bits per heavy atom. The highest BCUT2D eigenvalue weighted by Crippen LogP contribution is 2.24. The Kier molecular flexibility index (Phi) is 2.98. The zero-order valence-corrected chi connectivity index (χ0v) is 9.78. The lowest BCUT2D eigenvalue weighted by Crippen LogP contribution is -2.17. The van der Waals surface area contributed by atoms with Gasteiger partial charge in [0.25, 0.3) is 0 Å². The first-order valence-electron chi connectivity index (χ1n) is 4.89. The topological polar surface area (TPSA) is 56.2 Å². The van der Waals surface area contributed by atoms with Crippen molar-refractivity contribution in [2.75, 3.05) is 0 Å². The molecule has 0 aliphatic heterocycles. The van der Waals surface area contributed by atoms with Gasteiger partial charge < -0.3 is 5.73 Å². The van der Waals surface area contributed by atoms with Crippen molar-refractivity contribution in [1.82, 2.24) is 9.66 Å². The lowest BCUT2D eigenvalue weighted by Gasteiger charge is -2.18. The van der Waals surface area contributed by atoms with Gasteiger partial charge in [-0.25, -0.2) is 9.66 Å². The molecule has 0 aromatic carbocycles. The standard InChI is InChI=1S/C11H18N4/c1-6-8(12)10-14-7-9(11(2,3)4)15(10)13-5/h6-7H,5,12H2,1-4H3/b8-6+. The fourth-order valence-corrected chi connectivity index (χ4v) is 1.33. The van der Waals surface area contributed by atoms with E-state index in [4.69, 9.17) is 5.73 Å². The van der Waals surface area contributed by atoms with Crippen LogP contribution in [-0.4, -0.2) is 16.4 Å². The van der Waals surface area contributed by atoms with Crippen molar-refractivity contribution in [2.24, 2.45) is 10.8 Å². The van der Waals surface area contributed by atoms with Gasteiger partial charge in [0.15, 0.2) is 5.82 Å². The summed E-state index contributed by atoms with van der Waals surface area (Å²) in [6.45, 7) is 11.7. The van der Waals surface area contributed by atoms with Crippen LogP contribution in [-0.2, 0) is 5.41 Å². The van der Waals surface area contributed by atoms with Crippen molar-refractivity contribution in [3.05, 3.63) is 23.8 Å². The maximum Gasteiger partial charge on any atom is 0.176 e. The molecule has 1 aromatic heterocycles. The van der Waals surface area contributed by atoms with E-state index in [1.165, 1.54) is 0 Å². The van der Waals surface area contributed by atoms with E-state index >= 15 is 0 Å². The van der Waals surface area contributed by atoms with Crippen LogP contribution in [0.3, 0.4) is 0 Å². The van der Waals surface area contributed by atoms with Gasteiger partial charge in [-0.2, -0.15) is 5.10 Å². The molecule has 0 fully saturated rings. The molecule has 0 spiro atoms. The second-order valence-corrected chi connectivity index (χ2v) is 4.41. The van der Waals surface area contributed by atoms with E-state index in [2.05, 4.69) is 37.6 Å². The highest BCUT2D eigenvalue weighted by molar-refractivity contribution is 5.57. The van der Waals surface area contributed by atoms with E-state index in [0.29, 0.717) is 11.5 Å². The maximum atomic E-state index is 5.82. The van der Waals surface area contributed by atoms with Gasteiger partial charge >= 0.3 is 0 Å². The molecule has 4 nitrogen and oxygen atoms in total. The summed E-state index contributed by atoms with van der Waals surface area (Å²) in [5.41, 5.74) is 7.40. The molecule has 0 aliphatic carbocycles. The van der Waals surface area contributed by atoms with Crippen LogP contribution < -0.4 is 5.73 Å². The monoisotopic (exact) mass is 206 g/mol. The van der Waals surface area contributed by atoms with Gasteiger partial charge in [-0.15, -0.1) is 0 Å². The van der Waals surface area contributed by atoms with E-state index in [1.807, 2.05) is 6.92 Å². The first-order chi connectivity index (χ1) is 6.91. The van der Waals surface area contributed by atoms with Gasteiger partial charge in [-0.05, 0) is 6.92 Å². The van der Waals surface area contributed by atoms with E-state index in [0.717, 1.165) is 5.69 Å². The van der Waals surface area contributed by atoms with Gasteiger partial charge in [0.05, 0.1) is 17.6 Å². The predicted octanol–water partition coefficient (Wildman–Crippen LogP) is 1.96. The van der Waals surface area contributed by atoms with E-state index < -0.39 is 0 Å². The van der Waals surface area contributed by atoms with Gasteiger partial charge in [-0.3, -0.25) is 0 Å². The lowest BCUT2D eigenvalue weighted by atomic mass is 9.93. The Morgan fingerprint density at radius 3 is 2.60 bits per heavy atom. The van der Waals surface area contributed by atoms with Gasteiger partial charge in [0.1, 0.15) is 0 Å². The van der Waals surface area contributed by atoms with E-state index in [-0.39, 0.29) is 5.41 Å². The van der Waals surface area contributed by atoms with E-state index in [9.17, 15) is 0 Å². The van der Waals surface area contributed by atoms with Crippen molar-refractivity contribution < 1.29 is 0 Å². The van der Waals surface area contributed by atoms with Crippen LogP contribution in [0.5, 0.6) is 0 Å². The van der Waals surface area contributed by atoms with Gasteiger partial charge in [-0.1, -0.05) is 26.8 Å². The summed E-state index contributed by atoms with van der Waals surface area (Å²) < 4.78 is 1.69. The number of allylic oxidation sites excluding steroid dienone is 1. The summed E-state index contributed by atoms with van der Waals surface area (Å²) in [5.74, 6) is 0.650. The summed E-state index contributed by atoms with van der Waals surface area (Å²) in [4.78, 5) is 4.26. The average Bonchev–Trinajstić information content (AvgIpc) is 2.59. The van der Waals surface area contributed by atoms with Crippen molar-refractivity contribution in [3.63, 3.8) is 0 Å². The molecule has 0 aliphatic rings. The molecule has 1 rings (SSSR count). The smallest absolute Gasteiger partial charge is 0.176 e. The maximum absolute atomic E-state index is 5.82. The molecular weight excluding hydrogens is 188 g/mol.